The van der Waals surface area contributed by atoms with E-state index >= 15 is 0 Å². The molecule has 7 heteroatoms. The molecule has 2 N–H and O–H groups in total. The largest absolute Gasteiger partial charge is 0.486 e. The first-order valence-electron chi connectivity index (χ1n) is 5.81. The number of benzene rings is 1. The van der Waals surface area contributed by atoms with E-state index in [0.29, 0.717) is 5.56 Å². The number of hydrogen-bond donors (Lipinski definition) is 2. The van der Waals surface area contributed by atoms with Crippen LogP contribution in [0.25, 0.3) is 0 Å². The lowest BCUT2D eigenvalue weighted by atomic mass is 10.1. The van der Waals surface area contributed by atoms with Crippen LogP contribution in [0, 0.1) is 5.82 Å². The predicted octanol–water partition coefficient (Wildman–Crippen LogP) is 0.416. The van der Waals surface area contributed by atoms with Crippen LogP contribution in [0.4, 0.5) is 4.39 Å². The zero-order valence-corrected chi connectivity index (χ0v) is 11.1. The number of aliphatic hydroxyl groups is 2. The van der Waals surface area contributed by atoms with Gasteiger partial charge in [-0.25, -0.2) is 12.8 Å². The van der Waals surface area contributed by atoms with Gasteiger partial charge in [0, 0.05) is 11.6 Å². The van der Waals surface area contributed by atoms with Crippen molar-refractivity contribution in [2.45, 2.75) is 25.2 Å². The third-order valence-electron chi connectivity index (χ3n) is 2.98. The van der Waals surface area contributed by atoms with Gasteiger partial charge in [0.1, 0.15) is 23.8 Å². The van der Waals surface area contributed by atoms with Crippen LogP contribution in [0.2, 0.25) is 0 Å². The van der Waals surface area contributed by atoms with Crippen LogP contribution in [-0.2, 0) is 9.84 Å². The summed E-state index contributed by atoms with van der Waals surface area (Å²) in [5.74, 6) is -1.19. The molecule has 1 heterocycles. The first-order valence-corrected chi connectivity index (χ1v) is 7.63. The molecule has 1 aliphatic heterocycles. The van der Waals surface area contributed by atoms with E-state index in [9.17, 15) is 23.0 Å². The molecule has 0 aliphatic carbocycles. The maximum absolute atomic E-state index is 13.2. The molecular weight excluding hydrogens is 275 g/mol. The fourth-order valence-electron chi connectivity index (χ4n) is 2.03. The Morgan fingerprint density at radius 2 is 2.11 bits per heavy atom. The average Bonchev–Trinajstić information content (AvgIpc) is 2.51. The minimum atomic E-state index is -3.34. The highest BCUT2D eigenvalue weighted by Gasteiger charge is 2.38. The lowest BCUT2D eigenvalue weighted by Gasteiger charge is -2.19. The standard InChI is InChI=1S/C12H15FO5S/c1-7(14)9-3-2-8(13)4-11(9)18-12-6-19(16,17)5-10(12)15/h2-4,7,10,12,14-15H,5-6H2,1H3. The second-order valence-corrected chi connectivity index (χ2v) is 6.81. The Bertz CT molecular complexity index is 569. The SMILES string of the molecule is CC(O)c1ccc(F)cc1OC1CS(=O)(=O)CC1O. The van der Waals surface area contributed by atoms with Gasteiger partial charge in [-0.1, -0.05) is 0 Å². The van der Waals surface area contributed by atoms with Crippen molar-refractivity contribution < 1.29 is 27.8 Å². The van der Waals surface area contributed by atoms with Crippen molar-refractivity contribution in [3.05, 3.63) is 29.6 Å². The van der Waals surface area contributed by atoms with Gasteiger partial charge in [0.25, 0.3) is 0 Å². The van der Waals surface area contributed by atoms with E-state index in [1.165, 1.54) is 19.1 Å². The third kappa shape index (κ3) is 3.23. The number of ether oxygens (including phenoxy) is 1. The lowest BCUT2D eigenvalue weighted by molar-refractivity contribution is 0.0705. The first kappa shape index (κ1) is 14.2. The van der Waals surface area contributed by atoms with Crippen LogP contribution in [0.15, 0.2) is 18.2 Å². The Hall–Kier alpha value is -1.18. The Morgan fingerprint density at radius 3 is 2.63 bits per heavy atom. The Balaban J connectivity index is 2.26. The molecule has 1 aromatic carbocycles. The molecule has 3 unspecified atom stereocenters. The molecular formula is C12H15FO5S. The smallest absolute Gasteiger partial charge is 0.156 e. The van der Waals surface area contributed by atoms with E-state index < -0.39 is 34.0 Å². The van der Waals surface area contributed by atoms with Crippen molar-refractivity contribution in [2.24, 2.45) is 0 Å². The highest BCUT2D eigenvalue weighted by atomic mass is 32.2. The van der Waals surface area contributed by atoms with Crippen LogP contribution in [0.5, 0.6) is 5.75 Å². The summed E-state index contributed by atoms with van der Waals surface area (Å²) in [6.07, 6.45) is -2.97. The van der Waals surface area contributed by atoms with Gasteiger partial charge in [0.05, 0.1) is 17.6 Å². The van der Waals surface area contributed by atoms with Crippen molar-refractivity contribution in [2.75, 3.05) is 11.5 Å². The molecule has 1 aliphatic rings. The van der Waals surface area contributed by atoms with Crippen molar-refractivity contribution >= 4 is 9.84 Å². The lowest BCUT2D eigenvalue weighted by Crippen LogP contribution is -2.30. The van der Waals surface area contributed by atoms with Gasteiger partial charge in [0.15, 0.2) is 9.84 Å². The van der Waals surface area contributed by atoms with E-state index in [0.717, 1.165) is 6.07 Å². The van der Waals surface area contributed by atoms with Crippen LogP contribution in [0.3, 0.4) is 0 Å². The monoisotopic (exact) mass is 290 g/mol. The fraction of sp³-hybridized carbons (Fsp3) is 0.500. The minimum absolute atomic E-state index is 0.0520. The van der Waals surface area contributed by atoms with Crippen molar-refractivity contribution in [1.29, 1.82) is 0 Å². The molecule has 0 saturated carbocycles. The highest BCUT2D eigenvalue weighted by molar-refractivity contribution is 7.91. The van der Waals surface area contributed by atoms with Gasteiger partial charge in [-0.3, -0.25) is 0 Å². The van der Waals surface area contributed by atoms with Crippen molar-refractivity contribution in [3.8, 4) is 5.75 Å². The summed E-state index contributed by atoms with van der Waals surface area (Å²) in [5.41, 5.74) is 0.345. The number of halogens is 1. The second kappa shape index (κ2) is 5.07. The van der Waals surface area contributed by atoms with E-state index in [1.807, 2.05) is 0 Å². The Morgan fingerprint density at radius 1 is 1.42 bits per heavy atom. The summed E-state index contributed by atoms with van der Waals surface area (Å²) in [5, 5.41) is 19.2. The number of aliphatic hydroxyl groups excluding tert-OH is 2. The third-order valence-corrected chi connectivity index (χ3v) is 4.66. The Labute approximate surface area is 110 Å². The summed E-state index contributed by atoms with van der Waals surface area (Å²) < 4.78 is 41.3. The van der Waals surface area contributed by atoms with E-state index in [2.05, 4.69) is 0 Å². The van der Waals surface area contributed by atoms with Gasteiger partial charge in [0.2, 0.25) is 0 Å². The van der Waals surface area contributed by atoms with Crippen LogP contribution >= 0.6 is 0 Å². The summed E-state index contributed by atoms with van der Waals surface area (Å²) in [7, 11) is -3.34. The van der Waals surface area contributed by atoms with Crippen LogP contribution < -0.4 is 4.74 Å². The van der Waals surface area contributed by atoms with Crippen molar-refractivity contribution in [1.82, 2.24) is 0 Å². The molecule has 0 bridgehead atoms. The van der Waals surface area contributed by atoms with Gasteiger partial charge >= 0.3 is 0 Å². The summed E-state index contributed by atoms with van der Waals surface area (Å²) in [6.45, 7) is 1.49. The second-order valence-electron chi connectivity index (χ2n) is 4.66. The molecule has 0 aromatic heterocycles. The predicted molar refractivity (Wildman–Crippen MR) is 66.1 cm³/mol. The number of hydrogen-bond acceptors (Lipinski definition) is 5. The fourth-order valence-corrected chi connectivity index (χ4v) is 3.69. The number of sulfone groups is 1. The molecule has 2 rings (SSSR count). The number of rotatable bonds is 3. The summed E-state index contributed by atoms with van der Waals surface area (Å²) in [4.78, 5) is 0. The summed E-state index contributed by atoms with van der Waals surface area (Å²) in [6, 6.07) is 3.61. The molecule has 0 amide bonds. The van der Waals surface area contributed by atoms with E-state index in [1.54, 1.807) is 0 Å². The normalized spacial score (nSPS) is 27.2. The molecule has 0 spiro atoms. The molecule has 1 aromatic rings. The Kier molecular flexibility index (Phi) is 3.80. The molecule has 1 fully saturated rings. The van der Waals surface area contributed by atoms with Crippen molar-refractivity contribution in [3.63, 3.8) is 0 Å². The molecule has 3 atom stereocenters. The molecule has 0 radical (unpaired) electrons. The highest BCUT2D eigenvalue weighted by Crippen LogP contribution is 2.29. The summed E-state index contributed by atoms with van der Waals surface area (Å²) >= 11 is 0. The average molecular weight is 290 g/mol. The molecule has 106 valence electrons. The first-order chi connectivity index (χ1) is 8.78. The quantitative estimate of drug-likeness (QED) is 0.842. The zero-order chi connectivity index (χ0) is 14.2. The van der Waals surface area contributed by atoms with E-state index in [4.69, 9.17) is 4.74 Å². The minimum Gasteiger partial charge on any atom is -0.486 e. The molecule has 5 nitrogen and oxygen atoms in total. The van der Waals surface area contributed by atoms with Gasteiger partial charge in [-0.2, -0.15) is 0 Å². The van der Waals surface area contributed by atoms with E-state index in [-0.39, 0.29) is 17.3 Å². The zero-order valence-electron chi connectivity index (χ0n) is 10.3. The van der Waals surface area contributed by atoms with Crippen LogP contribution in [-0.4, -0.2) is 42.3 Å². The van der Waals surface area contributed by atoms with Gasteiger partial charge in [-0.15, -0.1) is 0 Å². The van der Waals surface area contributed by atoms with Gasteiger partial charge < -0.3 is 14.9 Å². The molecule has 1 saturated heterocycles. The maximum atomic E-state index is 13.2. The molecule has 19 heavy (non-hydrogen) atoms. The van der Waals surface area contributed by atoms with Crippen LogP contribution in [0.1, 0.15) is 18.6 Å². The van der Waals surface area contributed by atoms with Gasteiger partial charge in [-0.05, 0) is 19.1 Å². The topological polar surface area (TPSA) is 83.8 Å². The maximum Gasteiger partial charge on any atom is 0.156 e.